The van der Waals surface area contributed by atoms with Crippen molar-refractivity contribution in [3.63, 3.8) is 0 Å². The van der Waals surface area contributed by atoms with Gasteiger partial charge in [0.2, 0.25) is 0 Å². The lowest BCUT2D eigenvalue weighted by Crippen LogP contribution is -2.25. The van der Waals surface area contributed by atoms with Gasteiger partial charge in [-0.1, -0.05) is 0 Å². The molecular formula is C15H15F3O3. The number of esters is 1. The van der Waals surface area contributed by atoms with Crippen molar-refractivity contribution < 1.29 is 27.4 Å². The van der Waals surface area contributed by atoms with E-state index in [0.29, 0.717) is 5.57 Å². The maximum atomic E-state index is 12.7. The van der Waals surface area contributed by atoms with Gasteiger partial charge in [0.15, 0.2) is 0 Å². The quantitative estimate of drug-likeness (QED) is 0.694. The second-order valence-corrected chi connectivity index (χ2v) is 5.67. The fourth-order valence-electron chi connectivity index (χ4n) is 1.87. The molecule has 0 amide bonds. The molecule has 1 heterocycles. The predicted molar refractivity (Wildman–Crippen MR) is 70.2 cm³/mol. The number of hydrogen-bond donors (Lipinski definition) is 0. The van der Waals surface area contributed by atoms with Crippen molar-refractivity contribution in [3.05, 3.63) is 46.8 Å². The molecule has 0 saturated heterocycles. The molecular weight excluding hydrogens is 285 g/mol. The summed E-state index contributed by atoms with van der Waals surface area (Å²) in [5.41, 5.74) is -0.922. The molecule has 0 atom stereocenters. The van der Waals surface area contributed by atoms with E-state index in [1.165, 1.54) is 12.2 Å². The Balaban J connectivity index is 2.32. The Morgan fingerprint density at radius 3 is 2.43 bits per heavy atom. The van der Waals surface area contributed by atoms with Crippen LogP contribution in [0.2, 0.25) is 0 Å². The second kappa shape index (κ2) is 5.09. The van der Waals surface area contributed by atoms with E-state index in [9.17, 15) is 18.0 Å². The van der Waals surface area contributed by atoms with Crippen molar-refractivity contribution in [2.24, 2.45) is 0 Å². The third-order valence-electron chi connectivity index (χ3n) is 2.78. The SMILES string of the molecule is CC(C)(C)OC(=O)C1=C2C=CC(C(F)(F)F)=CC=C2OC1. The predicted octanol–water partition coefficient (Wildman–Crippen LogP) is 3.60. The van der Waals surface area contributed by atoms with Crippen LogP contribution in [0.3, 0.4) is 0 Å². The number of allylic oxidation sites excluding steroid dienone is 5. The van der Waals surface area contributed by atoms with Crippen LogP contribution in [0.25, 0.3) is 0 Å². The molecule has 2 rings (SSSR count). The van der Waals surface area contributed by atoms with Gasteiger partial charge in [0.05, 0.1) is 11.1 Å². The van der Waals surface area contributed by atoms with E-state index in [4.69, 9.17) is 9.47 Å². The van der Waals surface area contributed by atoms with Crippen molar-refractivity contribution in [1.82, 2.24) is 0 Å². The van der Waals surface area contributed by atoms with Gasteiger partial charge in [0, 0.05) is 5.57 Å². The first-order chi connectivity index (χ1) is 9.58. The number of carbonyl (C=O) groups excluding carboxylic acids is 1. The number of fused-ring (bicyclic) bond motifs is 1. The van der Waals surface area contributed by atoms with Gasteiger partial charge in [0.25, 0.3) is 0 Å². The smallest absolute Gasteiger partial charge is 0.416 e. The molecule has 0 bridgehead atoms. The van der Waals surface area contributed by atoms with E-state index in [0.717, 1.165) is 12.2 Å². The number of carbonyl (C=O) groups is 1. The highest BCUT2D eigenvalue weighted by Gasteiger charge is 2.34. The van der Waals surface area contributed by atoms with Gasteiger partial charge >= 0.3 is 12.1 Å². The summed E-state index contributed by atoms with van der Waals surface area (Å²) in [6.07, 6.45) is -0.131. The molecule has 0 unspecified atom stereocenters. The Kier molecular flexibility index (Phi) is 3.74. The standard InChI is InChI=1S/C15H15F3O3/c1-14(2,3)21-13(19)11-8-20-12-7-5-9(15(16,17)18)4-6-10(11)12/h4-7H,8H2,1-3H3. The molecule has 21 heavy (non-hydrogen) atoms. The van der Waals surface area contributed by atoms with Gasteiger partial charge in [0.1, 0.15) is 18.0 Å². The molecule has 0 aromatic carbocycles. The topological polar surface area (TPSA) is 35.5 Å². The van der Waals surface area contributed by atoms with E-state index in [-0.39, 0.29) is 17.9 Å². The molecule has 0 aromatic rings. The van der Waals surface area contributed by atoms with Gasteiger partial charge < -0.3 is 9.47 Å². The number of alkyl halides is 3. The molecule has 6 heteroatoms. The minimum absolute atomic E-state index is 0.00435. The Morgan fingerprint density at radius 2 is 1.86 bits per heavy atom. The third kappa shape index (κ3) is 3.56. The normalized spacial score (nSPS) is 18.6. The van der Waals surface area contributed by atoms with Crippen LogP contribution < -0.4 is 0 Å². The molecule has 0 aromatic heterocycles. The fourth-order valence-corrected chi connectivity index (χ4v) is 1.87. The Bertz CT molecular complexity index is 584. The first-order valence-corrected chi connectivity index (χ1v) is 6.35. The molecule has 0 spiro atoms. The molecule has 0 saturated carbocycles. The van der Waals surface area contributed by atoms with Gasteiger partial charge in [-0.15, -0.1) is 0 Å². The van der Waals surface area contributed by atoms with Crippen LogP contribution in [0.15, 0.2) is 46.8 Å². The average molecular weight is 300 g/mol. The molecule has 2 aliphatic rings. The van der Waals surface area contributed by atoms with E-state index in [1.54, 1.807) is 20.8 Å². The number of ether oxygens (including phenoxy) is 2. The van der Waals surface area contributed by atoms with Crippen molar-refractivity contribution in [1.29, 1.82) is 0 Å². The van der Waals surface area contributed by atoms with Crippen LogP contribution >= 0.6 is 0 Å². The highest BCUT2D eigenvalue weighted by molar-refractivity contribution is 5.92. The molecule has 114 valence electrons. The molecule has 0 N–H and O–H groups in total. The lowest BCUT2D eigenvalue weighted by Gasteiger charge is -2.19. The van der Waals surface area contributed by atoms with E-state index >= 15 is 0 Å². The van der Waals surface area contributed by atoms with Crippen LogP contribution in [0.4, 0.5) is 13.2 Å². The second-order valence-electron chi connectivity index (χ2n) is 5.67. The van der Waals surface area contributed by atoms with Crippen LogP contribution in [0, 0.1) is 0 Å². The average Bonchev–Trinajstić information content (AvgIpc) is 2.57. The molecule has 0 radical (unpaired) electrons. The third-order valence-corrected chi connectivity index (χ3v) is 2.78. The maximum absolute atomic E-state index is 12.7. The molecule has 1 aliphatic heterocycles. The van der Waals surface area contributed by atoms with Crippen LogP contribution in [-0.4, -0.2) is 24.4 Å². The largest absolute Gasteiger partial charge is 0.488 e. The van der Waals surface area contributed by atoms with Gasteiger partial charge in [-0.25, -0.2) is 4.79 Å². The van der Waals surface area contributed by atoms with E-state index < -0.39 is 23.3 Å². The maximum Gasteiger partial charge on any atom is 0.416 e. The highest BCUT2D eigenvalue weighted by Crippen LogP contribution is 2.34. The lowest BCUT2D eigenvalue weighted by molar-refractivity contribution is -0.150. The summed E-state index contributed by atoms with van der Waals surface area (Å²) in [5.74, 6) is -0.340. The lowest BCUT2D eigenvalue weighted by atomic mass is 10.1. The Labute approximate surface area is 120 Å². The van der Waals surface area contributed by atoms with Crippen LogP contribution in [0.1, 0.15) is 20.8 Å². The fraction of sp³-hybridized carbons (Fsp3) is 0.400. The first-order valence-electron chi connectivity index (χ1n) is 6.35. The number of halogens is 3. The molecule has 1 aliphatic carbocycles. The minimum atomic E-state index is -4.45. The van der Waals surface area contributed by atoms with E-state index in [1.807, 2.05) is 0 Å². The van der Waals surface area contributed by atoms with Crippen LogP contribution in [0.5, 0.6) is 0 Å². The summed E-state index contributed by atoms with van der Waals surface area (Å²) in [6.45, 7) is 5.15. The van der Waals surface area contributed by atoms with E-state index in [2.05, 4.69) is 0 Å². The summed E-state index contributed by atoms with van der Waals surface area (Å²) >= 11 is 0. The minimum Gasteiger partial charge on any atom is -0.488 e. The van der Waals surface area contributed by atoms with Crippen molar-refractivity contribution in [2.75, 3.05) is 6.61 Å². The summed E-state index contributed by atoms with van der Waals surface area (Å²) in [7, 11) is 0. The van der Waals surface area contributed by atoms with Gasteiger partial charge in [-0.05, 0) is 45.1 Å². The van der Waals surface area contributed by atoms with Crippen molar-refractivity contribution >= 4 is 5.97 Å². The van der Waals surface area contributed by atoms with Gasteiger partial charge in [-0.3, -0.25) is 0 Å². The zero-order valence-corrected chi connectivity index (χ0v) is 11.9. The summed E-state index contributed by atoms with van der Waals surface area (Å²) in [6, 6.07) is 0. The first kappa shape index (κ1) is 15.4. The summed E-state index contributed by atoms with van der Waals surface area (Å²) in [4.78, 5) is 12.0. The van der Waals surface area contributed by atoms with Crippen molar-refractivity contribution in [3.8, 4) is 0 Å². The van der Waals surface area contributed by atoms with Gasteiger partial charge in [-0.2, -0.15) is 13.2 Å². The number of rotatable bonds is 1. The monoisotopic (exact) mass is 300 g/mol. The Morgan fingerprint density at radius 1 is 1.19 bits per heavy atom. The van der Waals surface area contributed by atoms with Crippen LogP contribution in [-0.2, 0) is 14.3 Å². The summed E-state index contributed by atoms with van der Waals surface area (Å²) < 4.78 is 48.5. The zero-order chi connectivity index (χ0) is 15.8. The van der Waals surface area contributed by atoms with Crippen molar-refractivity contribution in [2.45, 2.75) is 32.5 Å². The molecule has 3 nitrogen and oxygen atoms in total. The Hall–Kier alpha value is -1.98. The zero-order valence-electron chi connectivity index (χ0n) is 11.9. The number of hydrogen-bond acceptors (Lipinski definition) is 3. The summed E-state index contributed by atoms with van der Waals surface area (Å²) in [5, 5.41) is 0. The highest BCUT2D eigenvalue weighted by atomic mass is 19.4. The molecule has 0 fully saturated rings.